The van der Waals surface area contributed by atoms with E-state index >= 15 is 0 Å². The number of hydrogen-bond acceptors (Lipinski definition) is 9. The number of piperazine rings is 1. The van der Waals surface area contributed by atoms with Gasteiger partial charge in [-0.3, -0.25) is 14.5 Å². The zero-order valence-electron chi connectivity index (χ0n) is 29.9. The van der Waals surface area contributed by atoms with E-state index in [9.17, 15) is 23.6 Å². The first-order chi connectivity index (χ1) is 23.1. The molecule has 3 heterocycles. The molecule has 0 spiro atoms. The van der Waals surface area contributed by atoms with Gasteiger partial charge in [-0.05, 0) is 82.2 Å². The van der Waals surface area contributed by atoms with Crippen LogP contribution in [0.2, 0.25) is 0 Å². The van der Waals surface area contributed by atoms with E-state index in [1.165, 1.54) is 11.6 Å². The lowest BCUT2D eigenvalue weighted by molar-refractivity contribution is -0.119. The highest BCUT2D eigenvalue weighted by Crippen LogP contribution is 2.41. The molecule has 0 bridgehead atoms. The van der Waals surface area contributed by atoms with Crippen molar-refractivity contribution < 1.29 is 38.1 Å². The summed E-state index contributed by atoms with van der Waals surface area (Å²) in [6, 6.07) is 1.51. The number of halogens is 1. The second kappa shape index (κ2) is 16.7. The third-order valence-electron chi connectivity index (χ3n) is 8.48. The quantitative estimate of drug-likeness (QED) is 0.235. The van der Waals surface area contributed by atoms with Gasteiger partial charge in [-0.2, -0.15) is 0 Å². The minimum absolute atomic E-state index is 0.236. The summed E-state index contributed by atoms with van der Waals surface area (Å²) in [6.45, 7) is 16.2. The van der Waals surface area contributed by atoms with Gasteiger partial charge in [0.25, 0.3) is 0 Å². The Morgan fingerprint density at radius 2 is 1.71 bits per heavy atom. The van der Waals surface area contributed by atoms with Crippen molar-refractivity contribution in [3.05, 3.63) is 57.1 Å². The number of aldehydes is 1. The predicted octanol–water partition coefficient (Wildman–Crippen LogP) is 5.22. The summed E-state index contributed by atoms with van der Waals surface area (Å²) in [5.41, 5.74) is 11.9. The van der Waals surface area contributed by atoms with Crippen LogP contribution < -0.4 is 5.73 Å². The Labute approximate surface area is 287 Å². The largest absolute Gasteiger partial charge is 0.506 e. The first kappa shape index (κ1) is 38.9. The normalized spacial score (nSPS) is 16.9. The Morgan fingerprint density at radius 1 is 1.08 bits per heavy atom. The maximum Gasteiger partial charge on any atom is 0.506 e. The van der Waals surface area contributed by atoms with Gasteiger partial charge in [-0.15, -0.1) is 0 Å². The SMILES string of the molecule is CC.CC(/C=C1/c2nc3cc(F)c(C)c4c3c(c2CN1C)CCC4)=C(/C=O)COC(=O)O.CC(C)(C)OC(=O)N1CCN(CC(N)=O)CC1. The van der Waals surface area contributed by atoms with Crippen molar-refractivity contribution in [2.45, 2.75) is 79.9 Å². The van der Waals surface area contributed by atoms with Crippen molar-refractivity contribution in [2.75, 3.05) is 46.4 Å². The highest BCUT2D eigenvalue weighted by Gasteiger charge is 2.30. The minimum Gasteiger partial charge on any atom is -0.450 e. The van der Waals surface area contributed by atoms with Crippen molar-refractivity contribution in [1.29, 1.82) is 0 Å². The molecule has 268 valence electrons. The molecule has 3 N–H and O–H groups in total. The second-order valence-corrected chi connectivity index (χ2v) is 13.1. The Balaban J connectivity index is 0.000000292. The number of carbonyl (C=O) groups excluding carboxylic acids is 3. The van der Waals surface area contributed by atoms with Gasteiger partial charge in [0.1, 0.15) is 24.3 Å². The van der Waals surface area contributed by atoms with E-state index < -0.39 is 11.8 Å². The van der Waals surface area contributed by atoms with E-state index in [-0.39, 0.29) is 36.5 Å². The van der Waals surface area contributed by atoms with Gasteiger partial charge in [-0.1, -0.05) is 13.8 Å². The summed E-state index contributed by atoms with van der Waals surface area (Å²) < 4.78 is 24.3. The van der Waals surface area contributed by atoms with Crippen molar-refractivity contribution in [3.8, 4) is 0 Å². The van der Waals surface area contributed by atoms with E-state index in [0.29, 0.717) is 55.7 Å². The fraction of sp³-hybridized carbons (Fsp3) is 0.528. The average Bonchev–Trinajstić information content (AvgIpc) is 3.35. The maximum atomic E-state index is 14.5. The number of primary amides is 1. The smallest absolute Gasteiger partial charge is 0.450 e. The van der Waals surface area contributed by atoms with Crippen LogP contribution in [0.15, 0.2) is 23.3 Å². The van der Waals surface area contributed by atoms with E-state index in [1.54, 1.807) is 11.8 Å². The molecule has 13 heteroatoms. The molecule has 1 aromatic carbocycles. The number of ether oxygens (including phenoxy) is 2. The van der Waals surface area contributed by atoms with E-state index in [2.05, 4.69) is 9.64 Å². The zero-order chi connectivity index (χ0) is 36.6. The fourth-order valence-electron chi connectivity index (χ4n) is 6.10. The molecule has 1 saturated heterocycles. The van der Waals surface area contributed by atoms with Crippen molar-refractivity contribution in [2.24, 2.45) is 5.73 Å². The van der Waals surface area contributed by atoms with Gasteiger partial charge in [0.05, 0.1) is 23.5 Å². The van der Waals surface area contributed by atoms with Crippen molar-refractivity contribution in [3.63, 3.8) is 0 Å². The number of rotatable bonds is 6. The number of pyridine rings is 1. The summed E-state index contributed by atoms with van der Waals surface area (Å²) in [5, 5.41) is 9.79. The standard InChI is InChI=1S/C23H23FN2O4.C11H21N3O3.C2H6/c1-12(14(10-27)11-30-23(28)29)7-20-22-17(9-26(20)3)16-6-4-5-15-13(2)18(24)8-19(25-22)21(15)16;1-11(2,3)17-10(16)14-6-4-13(5-7-14)8-9(12)15;1-2/h7-8,10H,4-6,9,11H2,1-3H3,(H,28,29);4-8H2,1-3H3,(H2,12,15);1-2H3/b14-12+,20-7-;;. The number of aromatic nitrogens is 1. The first-order valence-corrected chi connectivity index (χ1v) is 16.7. The molecule has 2 aliphatic heterocycles. The molecule has 1 aliphatic carbocycles. The fourth-order valence-corrected chi connectivity index (χ4v) is 6.10. The summed E-state index contributed by atoms with van der Waals surface area (Å²) in [4.78, 5) is 55.0. The molecule has 5 rings (SSSR count). The molecule has 0 unspecified atom stereocenters. The van der Waals surface area contributed by atoms with Crippen molar-refractivity contribution in [1.82, 2.24) is 19.7 Å². The number of nitrogens with two attached hydrogens (primary N) is 1. The van der Waals surface area contributed by atoms with Crippen LogP contribution in [0.5, 0.6) is 0 Å². The summed E-state index contributed by atoms with van der Waals surface area (Å²) in [6.07, 6.45) is 3.47. The van der Waals surface area contributed by atoms with E-state index in [4.69, 9.17) is 20.6 Å². The first-order valence-electron chi connectivity index (χ1n) is 16.7. The lowest BCUT2D eigenvalue weighted by Crippen LogP contribution is -2.51. The van der Waals surface area contributed by atoms with Crippen molar-refractivity contribution >= 4 is 41.0 Å². The van der Waals surface area contributed by atoms with Gasteiger partial charge in [-0.25, -0.2) is 19.0 Å². The van der Waals surface area contributed by atoms with Crippen LogP contribution in [-0.2, 0) is 38.4 Å². The Hall–Kier alpha value is -4.52. The molecule has 1 fully saturated rings. The summed E-state index contributed by atoms with van der Waals surface area (Å²) in [7, 11) is 1.95. The van der Waals surface area contributed by atoms with Gasteiger partial charge >= 0.3 is 12.2 Å². The number of hydrogen-bond donors (Lipinski definition) is 2. The minimum atomic E-state index is -1.43. The van der Waals surface area contributed by atoms with Crippen LogP contribution >= 0.6 is 0 Å². The number of fused-ring (bicyclic) bond motifs is 2. The number of aryl methyl sites for hydroxylation is 2. The van der Waals surface area contributed by atoms with Gasteiger partial charge in [0.2, 0.25) is 5.91 Å². The van der Waals surface area contributed by atoms with Gasteiger partial charge < -0.3 is 30.1 Å². The Kier molecular flexibility index (Phi) is 13.3. The predicted molar refractivity (Wildman–Crippen MR) is 185 cm³/mol. The maximum absolute atomic E-state index is 14.5. The molecular weight excluding hydrogens is 633 g/mol. The van der Waals surface area contributed by atoms with Crippen LogP contribution in [0.1, 0.15) is 75.9 Å². The number of allylic oxidation sites excluding steroid dienone is 2. The van der Waals surface area contributed by atoms with Crippen LogP contribution in [0.25, 0.3) is 16.6 Å². The lowest BCUT2D eigenvalue weighted by Gasteiger charge is -2.34. The number of carbonyl (C=O) groups is 4. The van der Waals surface area contributed by atoms with E-state index in [0.717, 1.165) is 47.2 Å². The highest BCUT2D eigenvalue weighted by atomic mass is 19.1. The summed E-state index contributed by atoms with van der Waals surface area (Å²) >= 11 is 0. The van der Waals surface area contributed by atoms with Gasteiger partial charge in [0, 0.05) is 62.4 Å². The van der Waals surface area contributed by atoms with Crippen LogP contribution in [0.4, 0.5) is 14.0 Å². The Morgan fingerprint density at radius 3 is 2.29 bits per heavy atom. The topological polar surface area (TPSA) is 156 Å². The van der Waals surface area contributed by atoms with E-state index in [1.807, 2.05) is 59.6 Å². The molecule has 1 aromatic heterocycles. The molecule has 3 aliphatic rings. The second-order valence-electron chi connectivity index (χ2n) is 13.1. The molecule has 2 amide bonds. The van der Waals surface area contributed by atoms with Gasteiger partial charge in [0.15, 0.2) is 0 Å². The molecule has 0 atom stereocenters. The van der Waals surface area contributed by atoms with Crippen LogP contribution in [-0.4, -0.2) is 101 Å². The van der Waals surface area contributed by atoms with Crippen LogP contribution in [0, 0.1) is 12.7 Å². The number of benzene rings is 1. The molecule has 0 radical (unpaired) electrons. The molecular formula is C36H50FN5O7. The zero-order valence-corrected chi connectivity index (χ0v) is 29.9. The summed E-state index contributed by atoms with van der Waals surface area (Å²) in [5.74, 6) is -0.574. The third-order valence-corrected chi connectivity index (χ3v) is 8.48. The highest BCUT2D eigenvalue weighted by molar-refractivity contribution is 5.92. The average molecular weight is 684 g/mol. The number of amides is 2. The molecule has 2 aromatic rings. The molecule has 0 saturated carbocycles. The number of carboxylic acid groups (broad SMARTS) is 1. The number of nitrogens with zero attached hydrogens (tertiary/aromatic N) is 4. The lowest BCUT2D eigenvalue weighted by atomic mass is 9.85. The monoisotopic (exact) mass is 683 g/mol. The molecule has 12 nitrogen and oxygen atoms in total. The molecule has 49 heavy (non-hydrogen) atoms. The third kappa shape index (κ3) is 9.78. The van der Waals surface area contributed by atoms with Crippen LogP contribution in [0.3, 0.4) is 0 Å². The Bertz CT molecular complexity index is 1640.